The maximum Gasteiger partial charge on any atom is 0.408 e. The van der Waals surface area contributed by atoms with Crippen molar-refractivity contribution in [3.8, 4) is 0 Å². The van der Waals surface area contributed by atoms with Crippen LogP contribution >= 0.6 is 0 Å². The Hall–Kier alpha value is -7.33. The van der Waals surface area contributed by atoms with Gasteiger partial charge in [-0.2, -0.15) is 0 Å². The van der Waals surface area contributed by atoms with Crippen LogP contribution < -0.4 is 42.5 Å². The van der Waals surface area contributed by atoms with E-state index in [-0.39, 0.29) is 77.9 Å². The summed E-state index contributed by atoms with van der Waals surface area (Å²) in [7, 11) is 1.17. The first-order valence-corrected chi connectivity index (χ1v) is 27.0. The Bertz CT molecular complexity index is 2200. The van der Waals surface area contributed by atoms with Crippen molar-refractivity contribution in [3.63, 3.8) is 0 Å². The summed E-state index contributed by atoms with van der Waals surface area (Å²) in [6.07, 6.45) is -0.465. The second-order valence-electron chi connectivity index (χ2n) is 21.7. The molecule has 0 unspecified atom stereocenters. The van der Waals surface area contributed by atoms with Gasteiger partial charge in [-0.1, -0.05) is 60.7 Å². The molecule has 2 rings (SSSR count). The van der Waals surface area contributed by atoms with Crippen LogP contribution in [0.15, 0.2) is 60.7 Å². The number of benzene rings is 2. The molecule has 79 heavy (non-hydrogen) atoms. The van der Waals surface area contributed by atoms with Crippen LogP contribution in [-0.2, 0) is 60.8 Å². The van der Waals surface area contributed by atoms with Gasteiger partial charge in [0.25, 0.3) is 0 Å². The molecule has 0 bridgehead atoms. The SMILES string of the molecule is COC(=O)[C@H](CCCCNC(=O)OCc1ccccc1)NC(=O)[C@H](CCCCNC(=O)OC(C)(C)C)NC(=O)[C@H](CCCCNC(=O)OC(C)(C)C)NC(=O)[C@H](CCCCNC(=O)OCc1ccccc1)NC(=O)OC(C)(C)C. The standard InChI is InChI=1S/C56H88N8O15/c1-54(2,3)77-51(71)59-35-22-17-29-41(62-47(67)43(64-53(73)79-56(7,8)9)31-19-21-33-57-49(69)75-37-39-25-13-11-14-26-39)45(65)61-42(30-18-23-36-60-52(72)78-55(4,5)6)46(66)63-44(48(68)74-10)32-20-24-34-58-50(70)76-38-40-27-15-12-16-28-40/h11-16,25-28,41-44H,17-24,29-38H2,1-10H3,(H,57,69)(H,58,70)(H,59,71)(H,60,72)(H,61,65)(H,62,67)(H,63,66)(H,64,73)/t41-,42-,43-,44-/m0/s1. The minimum absolute atomic E-state index is 0.00844. The van der Waals surface area contributed by atoms with E-state index in [1.54, 1.807) is 62.3 Å². The monoisotopic (exact) mass is 1110 g/mol. The molecule has 4 atom stereocenters. The van der Waals surface area contributed by atoms with Gasteiger partial charge in [-0.3, -0.25) is 14.4 Å². The van der Waals surface area contributed by atoms with Crippen molar-refractivity contribution in [3.05, 3.63) is 71.8 Å². The molecule has 2 aromatic carbocycles. The summed E-state index contributed by atoms with van der Waals surface area (Å²) in [5.41, 5.74) is -0.759. The Labute approximate surface area is 465 Å². The summed E-state index contributed by atoms with van der Waals surface area (Å²) in [5, 5.41) is 21.5. The first-order chi connectivity index (χ1) is 37.2. The van der Waals surface area contributed by atoms with Crippen molar-refractivity contribution in [2.45, 2.75) is 194 Å². The maximum absolute atomic E-state index is 14.5. The molecule has 0 spiro atoms. The lowest BCUT2D eigenvalue weighted by Gasteiger charge is -2.27. The molecule has 0 heterocycles. The normalized spacial score (nSPS) is 12.8. The number of carbonyl (C=O) groups excluding carboxylic acids is 9. The molecular weight excluding hydrogens is 1020 g/mol. The predicted molar refractivity (Wildman–Crippen MR) is 294 cm³/mol. The molecule has 8 N–H and O–H groups in total. The number of alkyl carbamates (subject to hydrolysis) is 5. The molecule has 0 aromatic heterocycles. The number of rotatable bonds is 32. The Morgan fingerprint density at radius 3 is 1.00 bits per heavy atom. The molecular formula is C56H88N8O15. The molecule has 0 fully saturated rings. The fraction of sp³-hybridized carbons (Fsp3) is 0.625. The third-order valence-electron chi connectivity index (χ3n) is 11.1. The summed E-state index contributed by atoms with van der Waals surface area (Å²) in [5.74, 6) is -3.00. The highest BCUT2D eigenvalue weighted by atomic mass is 16.6. The van der Waals surface area contributed by atoms with Gasteiger partial charge in [-0.05, 0) is 150 Å². The number of amides is 8. The second-order valence-corrected chi connectivity index (χ2v) is 21.7. The van der Waals surface area contributed by atoms with Crippen LogP contribution in [0.5, 0.6) is 0 Å². The lowest BCUT2D eigenvalue weighted by molar-refractivity contribution is -0.145. The van der Waals surface area contributed by atoms with Crippen LogP contribution in [0.2, 0.25) is 0 Å². The van der Waals surface area contributed by atoms with Crippen LogP contribution in [0.3, 0.4) is 0 Å². The molecule has 0 aliphatic heterocycles. The van der Waals surface area contributed by atoms with Gasteiger partial charge >= 0.3 is 36.4 Å². The Balaban J connectivity index is 2.32. The number of methoxy groups -OCH3 is 1. The first kappa shape index (κ1) is 67.8. The van der Waals surface area contributed by atoms with E-state index in [0.29, 0.717) is 38.5 Å². The number of nitrogens with one attached hydrogen (secondary N) is 8. The van der Waals surface area contributed by atoms with Crippen molar-refractivity contribution in [2.75, 3.05) is 33.3 Å². The minimum atomic E-state index is -1.30. The molecule has 8 amide bonds. The third-order valence-corrected chi connectivity index (χ3v) is 11.1. The van der Waals surface area contributed by atoms with E-state index in [2.05, 4.69) is 42.5 Å². The number of hydrogen-bond donors (Lipinski definition) is 8. The average Bonchev–Trinajstić information content (AvgIpc) is 3.36. The van der Waals surface area contributed by atoms with E-state index in [1.165, 1.54) is 7.11 Å². The molecule has 0 aliphatic rings. The van der Waals surface area contributed by atoms with E-state index in [1.807, 2.05) is 60.7 Å². The van der Waals surface area contributed by atoms with Crippen molar-refractivity contribution in [1.29, 1.82) is 0 Å². The highest BCUT2D eigenvalue weighted by Crippen LogP contribution is 2.14. The number of hydrogen-bond acceptors (Lipinski definition) is 15. The maximum atomic E-state index is 14.5. The largest absolute Gasteiger partial charge is 0.467 e. The van der Waals surface area contributed by atoms with Crippen LogP contribution in [0, 0.1) is 0 Å². The lowest BCUT2D eigenvalue weighted by atomic mass is 10.0. The quantitative estimate of drug-likeness (QED) is 0.0206. The van der Waals surface area contributed by atoms with Gasteiger partial charge in [0.15, 0.2) is 0 Å². The molecule has 23 heteroatoms. The van der Waals surface area contributed by atoms with E-state index < -0.39 is 95.1 Å². The number of ether oxygens (including phenoxy) is 6. The zero-order valence-electron chi connectivity index (χ0n) is 47.9. The fourth-order valence-electron chi connectivity index (χ4n) is 7.30. The van der Waals surface area contributed by atoms with Crippen molar-refractivity contribution in [2.24, 2.45) is 0 Å². The highest BCUT2D eigenvalue weighted by molar-refractivity contribution is 5.94. The summed E-state index contributed by atoms with van der Waals surface area (Å²) in [6, 6.07) is 13.4. The fourth-order valence-corrected chi connectivity index (χ4v) is 7.30. The van der Waals surface area contributed by atoms with Gasteiger partial charge in [-0.15, -0.1) is 0 Å². The summed E-state index contributed by atoms with van der Waals surface area (Å²) in [4.78, 5) is 119. The molecule has 23 nitrogen and oxygen atoms in total. The van der Waals surface area contributed by atoms with Gasteiger partial charge < -0.3 is 71.0 Å². The third kappa shape index (κ3) is 33.5. The van der Waals surface area contributed by atoms with Crippen molar-refractivity contribution >= 4 is 54.2 Å². The van der Waals surface area contributed by atoms with E-state index in [0.717, 1.165) is 11.1 Å². The molecule has 0 radical (unpaired) electrons. The Kier molecular flexibility index (Phi) is 30.9. The highest BCUT2D eigenvalue weighted by Gasteiger charge is 2.32. The number of esters is 1. The zero-order valence-corrected chi connectivity index (χ0v) is 47.9. The second kappa shape index (κ2) is 36.0. The van der Waals surface area contributed by atoms with Crippen LogP contribution in [-0.4, -0.2) is 128 Å². The molecule has 0 saturated heterocycles. The zero-order chi connectivity index (χ0) is 58.9. The van der Waals surface area contributed by atoms with Crippen LogP contribution in [0.25, 0.3) is 0 Å². The Morgan fingerprint density at radius 2 is 0.671 bits per heavy atom. The van der Waals surface area contributed by atoms with Crippen LogP contribution in [0.1, 0.15) is 150 Å². The van der Waals surface area contributed by atoms with Gasteiger partial charge in [0.2, 0.25) is 17.7 Å². The molecule has 0 aliphatic carbocycles. The van der Waals surface area contributed by atoms with E-state index in [4.69, 9.17) is 28.4 Å². The Morgan fingerprint density at radius 1 is 0.380 bits per heavy atom. The van der Waals surface area contributed by atoms with Gasteiger partial charge in [0.05, 0.1) is 7.11 Å². The van der Waals surface area contributed by atoms with Crippen molar-refractivity contribution in [1.82, 2.24) is 42.5 Å². The summed E-state index contributed by atoms with van der Waals surface area (Å²) < 4.78 is 31.7. The van der Waals surface area contributed by atoms with Gasteiger partial charge in [0, 0.05) is 26.2 Å². The molecule has 0 saturated carbocycles. The lowest BCUT2D eigenvalue weighted by Crippen LogP contribution is -2.58. The smallest absolute Gasteiger partial charge is 0.408 e. The predicted octanol–water partition coefficient (Wildman–Crippen LogP) is 7.09. The van der Waals surface area contributed by atoms with Gasteiger partial charge in [-0.25, -0.2) is 28.8 Å². The minimum Gasteiger partial charge on any atom is -0.467 e. The first-order valence-electron chi connectivity index (χ1n) is 27.0. The number of unbranched alkanes of at least 4 members (excludes halogenated alkanes) is 4. The molecule has 442 valence electrons. The summed E-state index contributed by atoms with van der Waals surface area (Å²) >= 11 is 0. The number of carbonyl (C=O) groups is 9. The van der Waals surface area contributed by atoms with Gasteiger partial charge in [0.1, 0.15) is 54.2 Å². The average molecular weight is 1110 g/mol. The summed E-state index contributed by atoms with van der Waals surface area (Å²) in [6.45, 7) is 16.2. The molecule has 2 aromatic rings. The van der Waals surface area contributed by atoms with E-state index in [9.17, 15) is 43.2 Å². The topological polar surface area (TPSA) is 305 Å². The van der Waals surface area contributed by atoms with E-state index >= 15 is 0 Å². The van der Waals surface area contributed by atoms with Crippen LogP contribution in [0.4, 0.5) is 24.0 Å². The van der Waals surface area contributed by atoms with Crippen molar-refractivity contribution < 1.29 is 71.6 Å².